The van der Waals surface area contributed by atoms with Crippen LogP contribution in [0.5, 0.6) is 0 Å². The van der Waals surface area contributed by atoms with E-state index in [2.05, 4.69) is 51.8 Å². The van der Waals surface area contributed by atoms with Crippen LogP contribution in [-0.4, -0.2) is 62.7 Å². The summed E-state index contributed by atoms with van der Waals surface area (Å²) in [6.07, 6.45) is 1.81. The van der Waals surface area contributed by atoms with Gasteiger partial charge in [0.05, 0.1) is 23.3 Å². The molecule has 3 aromatic rings. The molecule has 1 aliphatic heterocycles. The Morgan fingerprint density at radius 1 is 1.18 bits per heavy atom. The third-order valence-electron chi connectivity index (χ3n) is 6.13. The highest BCUT2D eigenvalue weighted by Gasteiger charge is 2.41. The molecule has 4 rings (SSSR count). The Morgan fingerprint density at radius 2 is 1.97 bits per heavy atom. The van der Waals surface area contributed by atoms with Crippen LogP contribution in [0.4, 0.5) is 0 Å². The van der Waals surface area contributed by atoms with E-state index in [1.54, 1.807) is 24.4 Å². The van der Waals surface area contributed by atoms with Crippen molar-refractivity contribution in [2.24, 2.45) is 0 Å². The molecule has 0 radical (unpaired) electrons. The predicted molar refractivity (Wildman–Crippen MR) is 133 cm³/mol. The number of carboxylic acid groups (broad SMARTS) is 1. The van der Waals surface area contributed by atoms with Gasteiger partial charge < -0.3 is 24.8 Å². The number of likely N-dealkylation sites (N-methyl/N-ethyl adjacent to an activating group) is 1. The van der Waals surface area contributed by atoms with Crippen molar-refractivity contribution in [3.63, 3.8) is 0 Å². The van der Waals surface area contributed by atoms with Crippen LogP contribution in [0.3, 0.4) is 0 Å². The van der Waals surface area contributed by atoms with Crippen LogP contribution >= 0.6 is 12.2 Å². The van der Waals surface area contributed by atoms with E-state index in [9.17, 15) is 9.90 Å². The van der Waals surface area contributed by atoms with Gasteiger partial charge in [-0.25, -0.2) is 4.79 Å². The van der Waals surface area contributed by atoms with Crippen LogP contribution in [0.1, 0.15) is 45.1 Å². The largest absolute Gasteiger partial charge is 0.478 e. The van der Waals surface area contributed by atoms with Gasteiger partial charge in [-0.05, 0) is 82.1 Å². The molecule has 1 saturated heterocycles. The van der Waals surface area contributed by atoms with E-state index in [0.29, 0.717) is 0 Å². The Hall–Kier alpha value is -3.23. The second-order valence-electron chi connectivity index (χ2n) is 8.64. The first kappa shape index (κ1) is 22.9. The molecule has 33 heavy (non-hydrogen) atoms. The van der Waals surface area contributed by atoms with Gasteiger partial charge in [-0.15, -0.1) is 0 Å². The predicted octanol–water partition coefficient (Wildman–Crippen LogP) is 3.72. The molecule has 2 atom stereocenters. The Balaban J connectivity index is 1.81. The minimum absolute atomic E-state index is 0.0324. The van der Waals surface area contributed by atoms with Crippen molar-refractivity contribution in [1.82, 2.24) is 24.7 Å². The first-order chi connectivity index (χ1) is 15.8. The molecule has 7 nitrogen and oxygen atoms in total. The molecule has 0 spiro atoms. The molecule has 1 aromatic carbocycles. The number of pyridine rings is 1. The lowest BCUT2D eigenvalue weighted by atomic mass is 9.96. The van der Waals surface area contributed by atoms with Crippen molar-refractivity contribution in [3.8, 4) is 5.69 Å². The van der Waals surface area contributed by atoms with E-state index < -0.39 is 5.97 Å². The van der Waals surface area contributed by atoms with Gasteiger partial charge in [-0.2, -0.15) is 0 Å². The quantitative estimate of drug-likeness (QED) is 0.517. The molecule has 2 aromatic heterocycles. The van der Waals surface area contributed by atoms with Gasteiger partial charge in [-0.3, -0.25) is 4.98 Å². The first-order valence-corrected chi connectivity index (χ1v) is 11.3. The maximum atomic E-state index is 11.5. The van der Waals surface area contributed by atoms with Crippen molar-refractivity contribution in [2.75, 3.05) is 27.2 Å². The Morgan fingerprint density at radius 3 is 2.64 bits per heavy atom. The van der Waals surface area contributed by atoms with Crippen molar-refractivity contribution >= 4 is 23.3 Å². The average molecular weight is 464 g/mol. The second-order valence-corrected chi connectivity index (χ2v) is 9.03. The van der Waals surface area contributed by atoms with Crippen molar-refractivity contribution in [3.05, 3.63) is 82.9 Å². The summed E-state index contributed by atoms with van der Waals surface area (Å²) in [5.41, 5.74) is 5.28. The third kappa shape index (κ3) is 4.49. The molecule has 3 heterocycles. The van der Waals surface area contributed by atoms with Gasteiger partial charge in [0.25, 0.3) is 0 Å². The van der Waals surface area contributed by atoms with Gasteiger partial charge in [0.1, 0.15) is 0 Å². The molecular weight excluding hydrogens is 434 g/mol. The first-order valence-electron chi connectivity index (χ1n) is 10.9. The number of carboxylic acids is 1. The maximum Gasteiger partial charge on any atom is 0.335 e. The number of aryl methyl sites for hydroxylation is 1. The summed E-state index contributed by atoms with van der Waals surface area (Å²) in [7, 11) is 4.11. The van der Waals surface area contributed by atoms with E-state index in [-0.39, 0.29) is 17.6 Å². The zero-order valence-corrected chi connectivity index (χ0v) is 20.1. The summed E-state index contributed by atoms with van der Waals surface area (Å²) >= 11 is 5.77. The fourth-order valence-corrected chi connectivity index (χ4v) is 4.89. The van der Waals surface area contributed by atoms with E-state index >= 15 is 0 Å². The van der Waals surface area contributed by atoms with E-state index in [1.807, 2.05) is 31.2 Å². The smallest absolute Gasteiger partial charge is 0.335 e. The maximum absolute atomic E-state index is 11.5. The molecule has 0 saturated carbocycles. The monoisotopic (exact) mass is 463 g/mol. The van der Waals surface area contributed by atoms with Crippen molar-refractivity contribution in [1.29, 1.82) is 0 Å². The molecule has 1 aliphatic rings. The second kappa shape index (κ2) is 9.33. The summed E-state index contributed by atoms with van der Waals surface area (Å²) < 4.78 is 2.11. The minimum atomic E-state index is -0.935. The van der Waals surface area contributed by atoms with Gasteiger partial charge >= 0.3 is 5.97 Å². The normalized spacial score (nSPS) is 18.1. The summed E-state index contributed by atoms with van der Waals surface area (Å²) in [4.78, 5) is 20.5. The standard InChI is InChI=1S/C25H29N5O2S/c1-16-14-20(17(2)30(16)19-9-7-8-18(15-19)24(31)32)23-22(21-10-5-6-11-26-21)27-25(33)29(23)13-12-28(3)4/h5-11,14-15,22-23H,12-13H2,1-4H3,(H,27,33)(H,31,32). The summed E-state index contributed by atoms with van der Waals surface area (Å²) in [5, 5.41) is 13.7. The minimum Gasteiger partial charge on any atom is -0.478 e. The number of aromatic nitrogens is 2. The molecule has 172 valence electrons. The highest BCUT2D eigenvalue weighted by Crippen LogP contribution is 2.41. The number of hydrogen-bond donors (Lipinski definition) is 2. The summed E-state index contributed by atoms with van der Waals surface area (Å²) in [6, 6.07) is 15.0. The van der Waals surface area contributed by atoms with Crippen LogP contribution in [0, 0.1) is 13.8 Å². The lowest BCUT2D eigenvalue weighted by molar-refractivity contribution is 0.0697. The van der Waals surface area contributed by atoms with E-state index in [4.69, 9.17) is 12.2 Å². The molecule has 2 N–H and O–H groups in total. The van der Waals surface area contributed by atoms with Gasteiger partial charge in [-0.1, -0.05) is 12.1 Å². The highest BCUT2D eigenvalue weighted by atomic mass is 32.1. The highest BCUT2D eigenvalue weighted by molar-refractivity contribution is 7.80. The Labute approximate surface area is 199 Å². The Bertz CT molecular complexity index is 1170. The number of hydrogen-bond acceptors (Lipinski definition) is 4. The molecule has 8 heteroatoms. The number of nitrogens with one attached hydrogen (secondary N) is 1. The summed E-state index contributed by atoms with van der Waals surface area (Å²) in [6.45, 7) is 5.78. The Kier molecular flexibility index (Phi) is 6.49. The number of benzene rings is 1. The zero-order valence-electron chi connectivity index (χ0n) is 19.3. The van der Waals surface area contributed by atoms with E-state index in [1.165, 1.54) is 0 Å². The van der Waals surface area contributed by atoms with Gasteiger partial charge in [0, 0.05) is 36.4 Å². The van der Waals surface area contributed by atoms with E-state index in [0.717, 1.165) is 46.5 Å². The lowest BCUT2D eigenvalue weighted by Crippen LogP contribution is -2.35. The number of nitrogens with zero attached hydrogens (tertiary/aromatic N) is 4. The molecule has 0 bridgehead atoms. The number of aromatic carboxylic acids is 1. The lowest BCUT2D eigenvalue weighted by Gasteiger charge is -2.29. The van der Waals surface area contributed by atoms with Crippen LogP contribution in [-0.2, 0) is 0 Å². The zero-order chi connectivity index (χ0) is 23.7. The molecular formula is C25H29N5O2S. The van der Waals surface area contributed by atoms with Crippen LogP contribution in [0.25, 0.3) is 5.69 Å². The number of thiocarbonyl (C=S) groups is 1. The molecule has 0 aliphatic carbocycles. The third-order valence-corrected chi connectivity index (χ3v) is 6.48. The molecule has 1 fully saturated rings. The molecule has 2 unspecified atom stereocenters. The van der Waals surface area contributed by atoms with Gasteiger partial charge in [0.2, 0.25) is 0 Å². The topological polar surface area (TPSA) is 73.6 Å². The van der Waals surface area contributed by atoms with Crippen LogP contribution in [0.2, 0.25) is 0 Å². The van der Waals surface area contributed by atoms with Crippen molar-refractivity contribution < 1.29 is 9.90 Å². The number of carbonyl (C=O) groups is 1. The van der Waals surface area contributed by atoms with Crippen molar-refractivity contribution in [2.45, 2.75) is 25.9 Å². The molecule has 0 amide bonds. The summed E-state index contributed by atoms with van der Waals surface area (Å²) in [5.74, 6) is -0.935. The average Bonchev–Trinajstić information content (AvgIpc) is 3.27. The SMILES string of the molecule is Cc1cc(C2C(c3ccccn3)NC(=S)N2CCN(C)C)c(C)n1-c1cccc(C(=O)O)c1. The fraction of sp³-hybridized carbons (Fsp3) is 0.320. The van der Waals surface area contributed by atoms with Crippen LogP contribution < -0.4 is 5.32 Å². The van der Waals surface area contributed by atoms with Gasteiger partial charge in [0.15, 0.2) is 5.11 Å². The van der Waals surface area contributed by atoms with Crippen LogP contribution in [0.15, 0.2) is 54.7 Å². The number of rotatable bonds is 7. The fourth-order valence-electron chi connectivity index (χ4n) is 4.55.